The van der Waals surface area contributed by atoms with Crippen LogP contribution in [-0.2, 0) is 9.47 Å². The van der Waals surface area contributed by atoms with Crippen LogP contribution in [0.2, 0.25) is 0 Å². The lowest BCUT2D eigenvalue weighted by atomic mass is 10.2. The molecule has 0 spiro atoms. The van der Waals surface area contributed by atoms with Gasteiger partial charge in [-0.2, -0.15) is 0 Å². The number of esters is 1. The predicted octanol–water partition coefficient (Wildman–Crippen LogP) is 2.71. The maximum absolute atomic E-state index is 11.8. The minimum absolute atomic E-state index is 0.0495. The van der Waals surface area contributed by atoms with Gasteiger partial charge in [-0.05, 0) is 32.9 Å². The Morgan fingerprint density at radius 2 is 1.75 bits per heavy atom. The lowest BCUT2D eigenvalue weighted by Crippen LogP contribution is -2.33. The summed E-state index contributed by atoms with van der Waals surface area (Å²) in [5.74, 6) is -0.419. The quantitative estimate of drug-likeness (QED) is 0.751. The van der Waals surface area contributed by atoms with Gasteiger partial charge in [0.25, 0.3) is 0 Å². The highest BCUT2D eigenvalue weighted by Crippen LogP contribution is 2.05. The van der Waals surface area contributed by atoms with Gasteiger partial charge in [-0.3, -0.25) is 0 Å². The van der Waals surface area contributed by atoms with Crippen molar-refractivity contribution < 1.29 is 19.1 Å². The second-order valence-electron chi connectivity index (χ2n) is 4.33. The summed E-state index contributed by atoms with van der Waals surface area (Å²) in [5.41, 5.74) is 0.481. The third-order valence-corrected chi connectivity index (χ3v) is 2.78. The van der Waals surface area contributed by atoms with Gasteiger partial charge in [0, 0.05) is 13.1 Å². The van der Waals surface area contributed by atoms with Crippen molar-refractivity contribution in [3.05, 3.63) is 35.9 Å². The molecule has 0 aromatic heterocycles. The van der Waals surface area contributed by atoms with E-state index in [0.29, 0.717) is 18.7 Å². The fourth-order valence-corrected chi connectivity index (χ4v) is 1.62. The molecule has 0 fully saturated rings. The molecule has 0 N–H and O–H groups in total. The Hall–Kier alpha value is -2.04. The average molecular weight is 279 g/mol. The molecule has 110 valence electrons. The molecule has 0 aliphatic carbocycles. The Balaban J connectivity index is 2.39. The summed E-state index contributed by atoms with van der Waals surface area (Å²) in [5, 5.41) is 0. The summed E-state index contributed by atoms with van der Waals surface area (Å²) in [6.45, 7) is 6.68. The van der Waals surface area contributed by atoms with Gasteiger partial charge in [-0.15, -0.1) is 0 Å². The van der Waals surface area contributed by atoms with Gasteiger partial charge in [0.2, 0.25) is 0 Å². The molecule has 1 atom stereocenters. The van der Waals surface area contributed by atoms with Crippen LogP contribution < -0.4 is 0 Å². The number of ether oxygens (including phenoxy) is 2. The molecule has 1 unspecified atom stereocenters. The van der Waals surface area contributed by atoms with Crippen LogP contribution in [0.4, 0.5) is 4.79 Å². The van der Waals surface area contributed by atoms with E-state index in [9.17, 15) is 9.59 Å². The van der Waals surface area contributed by atoms with Gasteiger partial charge in [-0.25, -0.2) is 9.59 Å². The van der Waals surface area contributed by atoms with Crippen molar-refractivity contribution in [1.82, 2.24) is 4.90 Å². The Morgan fingerprint density at radius 1 is 1.15 bits per heavy atom. The van der Waals surface area contributed by atoms with Crippen molar-refractivity contribution in [1.29, 1.82) is 0 Å². The van der Waals surface area contributed by atoms with Crippen LogP contribution in [0, 0.1) is 0 Å². The fourth-order valence-electron chi connectivity index (χ4n) is 1.62. The molecule has 1 aromatic carbocycles. The Bertz CT molecular complexity index is 429. The number of carbonyl (C=O) groups is 2. The molecule has 0 aliphatic rings. The zero-order chi connectivity index (χ0) is 15.0. The van der Waals surface area contributed by atoms with Gasteiger partial charge in [0.05, 0.1) is 5.56 Å². The second-order valence-corrected chi connectivity index (χ2v) is 4.33. The van der Waals surface area contributed by atoms with E-state index in [-0.39, 0.29) is 6.61 Å². The molecule has 1 aromatic rings. The van der Waals surface area contributed by atoms with Crippen LogP contribution in [0.15, 0.2) is 30.3 Å². The number of carbonyl (C=O) groups excluding carboxylic acids is 2. The van der Waals surface area contributed by atoms with E-state index in [1.807, 2.05) is 19.9 Å². The molecule has 0 heterocycles. The maximum Gasteiger partial charge on any atom is 0.409 e. The summed E-state index contributed by atoms with van der Waals surface area (Å²) in [6, 6.07) is 8.71. The SMILES string of the molecule is CCN(CC)C(=O)OCC(C)OC(=O)c1ccccc1. The first-order valence-corrected chi connectivity index (χ1v) is 6.76. The Kier molecular flexibility index (Phi) is 6.56. The molecule has 5 heteroatoms. The number of benzene rings is 1. The Labute approximate surface area is 119 Å². The van der Waals surface area contributed by atoms with E-state index < -0.39 is 18.2 Å². The summed E-state index contributed by atoms with van der Waals surface area (Å²) in [7, 11) is 0. The van der Waals surface area contributed by atoms with Crippen LogP contribution >= 0.6 is 0 Å². The first kappa shape index (κ1) is 16.0. The topological polar surface area (TPSA) is 55.8 Å². The van der Waals surface area contributed by atoms with E-state index in [4.69, 9.17) is 9.47 Å². The van der Waals surface area contributed by atoms with Crippen molar-refractivity contribution in [2.75, 3.05) is 19.7 Å². The molecule has 0 aliphatic heterocycles. The summed E-state index contributed by atoms with van der Waals surface area (Å²) < 4.78 is 10.3. The minimum Gasteiger partial charge on any atom is -0.455 e. The average Bonchev–Trinajstić information content (AvgIpc) is 2.47. The molecular formula is C15H21NO4. The summed E-state index contributed by atoms with van der Waals surface area (Å²) >= 11 is 0. The monoisotopic (exact) mass is 279 g/mol. The first-order valence-electron chi connectivity index (χ1n) is 6.76. The molecule has 20 heavy (non-hydrogen) atoms. The standard InChI is InChI=1S/C15H21NO4/c1-4-16(5-2)15(18)19-11-12(3)20-14(17)13-9-7-6-8-10-13/h6-10,12H,4-5,11H2,1-3H3. The normalized spacial score (nSPS) is 11.6. The number of rotatable bonds is 6. The van der Waals surface area contributed by atoms with Gasteiger partial charge in [0.1, 0.15) is 12.7 Å². The third-order valence-electron chi connectivity index (χ3n) is 2.78. The van der Waals surface area contributed by atoms with Crippen molar-refractivity contribution in [2.24, 2.45) is 0 Å². The van der Waals surface area contributed by atoms with E-state index in [1.165, 1.54) is 0 Å². The molecule has 1 rings (SSSR count). The van der Waals surface area contributed by atoms with Crippen LogP contribution in [0.1, 0.15) is 31.1 Å². The highest BCUT2D eigenvalue weighted by molar-refractivity contribution is 5.89. The van der Waals surface area contributed by atoms with E-state index in [1.54, 1.807) is 36.1 Å². The molecule has 0 saturated heterocycles. The summed E-state index contributed by atoms with van der Waals surface area (Å²) in [4.78, 5) is 25.0. The van der Waals surface area contributed by atoms with Crippen molar-refractivity contribution in [3.8, 4) is 0 Å². The zero-order valence-corrected chi connectivity index (χ0v) is 12.2. The van der Waals surface area contributed by atoms with E-state index >= 15 is 0 Å². The van der Waals surface area contributed by atoms with E-state index in [0.717, 1.165) is 0 Å². The molecular weight excluding hydrogens is 258 g/mol. The first-order chi connectivity index (χ1) is 9.58. The maximum atomic E-state index is 11.8. The fraction of sp³-hybridized carbons (Fsp3) is 0.467. The highest BCUT2D eigenvalue weighted by atomic mass is 16.6. The number of nitrogens with zero attached hydrogens (tertiary/aromatic N) is 1. The Morgan fingerprint density at radius 3 is 2.30 bits per heavy atom. The molecule has 5 nitrogen and oxygen atoms in total. The summed E-state index contributed by atoms with van der Waals surface area (Å²) in [6.07, 6.45) is -0.875. The van der Waals surface area contributed by atoms with Gasteiger partial charge < -0.3 is 14.4 Å². The lowest BCUT2D eigenvalue weighted by Gasteiger charge is -2.20. The van der Waals surface area contributed by atoms with Crippen LogP contribution in [0.3, 0.4) is 0 Å². The molecule has 0 saturated carbocycles. The van der Waals surface area contributed by atoms with Crippen LogP contribution in [0.5, 0.6) is 0 Å². The number of amides is 1. The highest BCUT2D eigenvalue weighted by Gasteiger charge is 2.16. The third kappa shape index (κ3) is 4.91. The van der Waals surface area contributed by atoms with Crippen LogP contribution in [0.25, 0.3) is 0 Å². The predicted molar refractivity (Wildman–Crippen MR) is 75.6 cm³/mol. The van der Waals surface area contributed by atoms with Gasteiger partial charge >= 0.3 is 12.1 Å². The van der Waals surface area contributed by atoms with E-state index in [2.05, 4.69) is 0 Å². The molecule has 0 bridgehead atoms. The number of hydrogen-bond donors (Lipinski definition) is 0. The van der Waals surface area contributed by atoms with Crippen molar-refractivity contribution in [3.63, 3.8) is 0 Å². The van der Waals surface area contributed by atoms with Crippen LogP contribution in [-0.4, -0.2) is 42.8 Å². The number of hydrogen-bond acceptors (Lipinski definition) is 4. The van der Waals surface area contributed by atoms with Gasteiger partial charge in [-0.1, -0.05) is 18.2 Å². The van der Waals surface area contributed by atoms with Gasteiger partial charge in [0.15, 0.2) is 0 Å². The second kappa shape index (κ2) is 8.19. The smallest absolute Gasteiger partial charge is 0.409 e. The van der Waals surface area contributed by atoms with Crippen molar-refractivity contribution in [2.45, 2.75) is 26.9 Å². The molecule has 1 amide bonds. The molecule has 0 radical (unpaired) electrons. The largest absolute Gasteiger partial charge is 0.455 e. The minimum atomic E-state index is -0.484. The zero-order valence-electron chi connectivity index (χ0n) is 12.2. The lowest BCUT2D eigenvalue weighted by molar-refractivity contribution is 0.0103. The van der Waals surface area contributed by atoms with Crippen molar-refractivity contribution >= 4 is 12.1 Å².